The molecule has 0 bridgehead atoms. The molecule has 1 amide bonds. The van der Waals surface area contributed by atoms with Crippen molar-refractivity contribution in [2.45, 2.75) is 24.5 Å². The molecule has 3 aromatic heterocycles. The molecule has 0 radical (unpaired) electrons. The molecule has 0 saturated heterocycles. The number of benzene rings is 1. The minimum Gasteiger partial charge on any atom is -0.378 e. The molecule has 0 spiro atoms. The lowest BCUT2D eigenvalue weighted by Gasteiger charge is -2.06. The van der Waals surface area contributed by atoms with Crippen molar-refractivity contribution >= 4 is 40.5 Å². The molecule has 1 aromatic carbocycles. The first-order valence-electron chi connectivity index (χ1n) is 9.14. The number of hydrogen-bond acceptors (Lipinski definition) is 10. The van der Waals surface area contributed by atoms with Crippen molar-refractivity contribution in [2.75, 3.05) is 5.73 Å². The summed E-state index contributed by atoms with van der Waals surface area (Å²) in [6.07, 6.45) is 0. The van der Waals surface area contributed by atoms with Crippen molar-refractivity contribution in [3.63, 3.8) is 0 Å². The van der Waals surface area contributed by atoms with E-state index in [0.717, 1.165) is 15.3 Å². The number of carbonyl (C=O) groups is 1. The van der Waals surface area contributed by atoms with Gasteiger partial charge in [0.1, 0.15) is 0 Å². The average molecular weight is 455 g/mol. The van der Waals surface area contributed by atoms with Gasteiger partial charge in [-0.1, -0.05) is 29.0 Å². The fraction of sp³-hybridized carbons (Fsp3) is 0.158. The molecule has 0 fully saturated rings. The molecule has 0 unspecified atom stereocenters. The maximum absolute atomic E-state index is 12.8. The molecule has 4 rings (SSSR count). The third kappa shape index (κ3) is 4.64. The lowest BCUT2D eigenvalue weighted by Crippen LogP contribution is -2.21. The first kappa shape index (κ1) is 20.8. The monoisotopic (exact) mass is 454 g/mol. The van der Waals surface area contributed by atoms with E-state index < -0.39 is 5.91 Å². The predicted molar refractivity (Wildman–Crippen MR) is 118 cm³/mol. The van der Waals surface area contributed by atoms with Gasteiger partial charge in [0.2, 0.25) is 11.6 Å². The fourth-order valence-electron chi connectivity index (χ4n) is 2.63. The van der Waals surface area contributed by atoms with Crippen LogP contribution in [0.2, 0.25) is 0 Å². The van der Waals surface area contributed by atoms with E-state index >= 15 is 0 Å². The molecule has 4 aromatic rings. The second-order valence-corrected chi connectivity index (χ2v) is 8.48. The molecular weight excluding hydrogens is 436 g/mol. The topological polar surface area (TPSA) is 137 Å². The Bertz CT molecular complexity index is 1210. The van der Waals surface area contributed by atoms with Gasteiger partial charge in [0, 0.05) is 15.5 Å². The van der Waals surface area contributed by atoms with Crippen LogP contribution in [0.5, 0.6) is 0 Å². The van der Waals surface area contributed by atoms with Crippen LogP contribution in [-0.2, 0) is 5.75 Å². The summed E-state index contributed by atoms with van der Waals surface area (Å²) in [5.74, 6) is 0.115. The third-order valence-electron chi connectivity index (χ3n) is 4.27. The molecule has 12 heteroatoms. The standard InChI is InChI=1S/C19H18N8O2S2/c1-11-5-7-13(8-6-11)31-10-14-16(22-26-27(14)18-17(20)24-29-25-18)19(28)23-21-12(2)15-4-3-9-30-15/h3-9H,10H2,1-2H3,(H2,20,24)(H,23,28)/b21-12+. The number of aromatic nitrogens is 5. The van der Waals surface area contributed by atoms with Gasteiger partial charge in [-0.25, -0.2) is 10.1 Å². The van der Waals surface area contributed by atoms with Gasteiger partial charge in [0.25, 0.3) is 5.91 Å². The van der Waals surface area contributed by atoms with Crippen LogP contribution >= 0.6 is 23.1 Å². The summed E-state index contributed by atoms with van der Waals surface area (Å²) < 4.78 is 6.04. The summed E-state index contributed by atoms with van der Waals surface area (Å²) >= 11 is 3.06. The second kappa shape index (κ2) is 9.10. The van der Waals surface area contributed by atoms with Crippen LogP contribution in [-0.4, -0.2) is 36.9 Å². The molecule has 0 aliphatic heterocycles. The Hall–Kier alpha value is -3.51. The smallest absolute Gasteiger partial charge is 0.293 e. The summed E-state index contributed by atoms with van der Waals surface area (Å²) in [7, 11) is 0. The number of amides is 1. The van der Waals surface area contributed by atoms with Crippen molar-refractivity contribution in [2.24, 2.45) is 5.10 Å². The maximum Gasteiger partial charge on any atom is 0.293 e. The number of thioether (sulfide) groups is 1. The Balaban J connectivity index is 1.61. The van der Waals surface area contributed by atoms with E-state index in [1.807, 2.05) is 55.6 Å². The number of nitrogen functional groups attached to an aromatic ring is 1. The Morgan fingerprint density at radius 3 is 2.77 bits per heavy atom. The van der Waals surface area contributed by atoms with Crippen LogP contribution in [0.4, 0.5) is 5.82 Å². The normalized spacial score (nSPS) is 11.6. The molecule has 31 heavy (non-hydrogen) atoms. The average Bonchev–Trinajstić information content (AvgIpc) is 3.52. The zero-order valence-electron chi connectivity index (χ0n) is 16.6. The second-order valence-electron chi connectivity index (χ2n) is 6.49. The summed E-state index contributed by atoms with van der Waals surface area (Å²) in [6.45, 7) is 3.84. The number of rotatable bonds is 7. The van der Waals surface area contributed by atoms with Crippen LogP contribution in [0.25, 0.3) is 5.82 Å². The van der Waals surface area contributed by atoms with Crippen LogP contribution in [0, 0.1) is 6.92 Å². The van der Waals surface area contributed by atoms with E-state index in [1.165, 1.54) is 27.8 Å². The van der Waals surface area contributed by atoms with Crippen LogP contribution < -0.4 is 11.2 Å². The minimum atomic E-state index is -0.489. The van der Waals surface area contributed by atoms with Crippen molar-refractivity contribution < 1.29 is 9.42 Å². The van der Waals surface area contributed by atoms with Gasteiger partial charge in [-0.2, -0.15) is 9.78 Å². The number of carbonyl (C=O) groups excluding carboxylic acids is 1. The molecular formula is C19H18N8O2S2. The number of hydrazone groups is 1. The van der Waals surface area contributed by atoms with Gasteiger partial charge in [-0.05, 0) is 47.7 Å². The number of nitrogens with zero attached hydrogens (tertiary/aromatic N) is 6. The molecule has 0 saturated carbocycles. The quantitative estimate of drug-likeness (QED) is 0.247. The van der Waals surface area contributed by atoms with E-state index in [9.17, 15) is 4.79 Å². The van der Waals surface area contributed by atoms with E-state index in [4.69, 9.17) is 5.73 Å². The number of hydrogen-bond donors (Lipinski definition) is 2. The van der Waals surface area contributed by atoms with E-state index in [0.29, 0.717) is 17.2 Å². The molecule has 0 atom stereocenters. The largest absolute Gasteiger partial charge is 0.378 e. The Kier molecular flexibility index (Phi) is 6.09. The fourth-order valence-corrected chi connectivity index (χ4v) is 4.20. The van der Waals surface area contributed by atoms with Crippen LogP contribution in [0.3, 0.4) is 0 Å². The summed E-state index contributed by atoms with van der Waals surface area (Å²) in [5.41, 5.74) is 10.8. The summed E-state index contributed by atoms with van der Waals surface area (Å²) in [4.78, 5) is 14.8. The molecule has 158 valence electrons. The van der Waals surface area contributed by atoms with E-state index in [2.05, 4.69) is 35.8 Å². The highest BCUT2D eigenvalue weighted by Crippen LogP contribution is 2.26. The first-order chi connectivity index (χ1) is 15.0. The Labute approximate surface area is 185 Å². The number of nitrogens with two attached hydrogens (primary N) is 1. The first-order valence-corrected chi connectivity index (χ1v) is 11.0. The third-order valence-corrected chi connectivity index (χ3v) is 6.28. The maximum atomic E-state index is 12.8. The zero-order valence-corrected chi connectivity index (χ0v) is 18.3. The van der Waals surface area contributed by atoms with Crippen LogP contribution in [0.1, 0.15) is 33.5 Å². The number of thiophene rings is 1. The van der Waals surface area contributed by atoms with Gasteiger partial charge in [-0.15, -0.1) is 28.2 Å². The Morgan fingerprint density at radius 2 is 2.10 bits per heavy atom. The van der Waals surface area contributed by atoms with Gasteiger partial charge < -0.3 is 5.73 Å². The number of aryl methyl sites for hydroxylation is 1. The highest BCUT2D eigenvalue weighted by Gasteiger charge is 2.24. The van der Waals surface area contributed by atoms with Gasteiger partial charge in [-0.3, -0.25) is 4.79 Å². The van der Waals surface area contributed by atoms with Gasteiger partial charge >= 0.3 is 0 Å². The van der Waals surface area contributed by atoms with Crippen LogP contribution in [0.15, 0.2) is 56.4 Å². The van der Waals surface area contributed by atoms with Crippen molar-refractivity contribution in [3.05, 3.63) is 63.6 Å². The molecule has 10 nitrogen and oxygen atoms in total. The SMILES string of the molecule is C/C(=N\NC(=O)c1nnn(-c2nonc2N)c1CSc1ccc(C)cc1)c1cccs1. The molecule has 0 aliphatic carbocycles. The van der Waals surface area contributed by atoms with Crippen molar-refractivity contribution in [1.29, 1.82) is 0 Å². The molecule has 3 heterocycles. The highest BCUT2D eigenvalue weighted by molar-refractivity contribution is 7.98. The molecule has 0 aliphatic rings. The van der Waals surface area contributed by atoms with Crippen molar-refractivity contribution in [3.8, 4) is 5.82 Å². The Morgan fingerprint density at radius 1 is 1.29 bits per heavy atom. The zero-order chi connectivity index (χ0) is 21.8. The summed E-state index contributed by atoms with van der Waals surface area (Å²) in [6, 6.07) is 11.9. The summed E-state index contributed by atoms with van der Waals surface area (Å²) in [5, 5.41) is 21.6. The van der Waals surface area contributed by atoms with E-state index in [-0.39, 0.29) is 17.3 Å². The number of nitrogens with one attached hydrogen (secondary N) is 1. The predicted octanol–water partition coefficient (Wildman–Crippen LogP) is 3.05. The minimum absolute atomic E-state index is 0.0463. The van der Waals surface area contributed by atoms with Gasteiger partial charge in [0.15, 0.2) is 5.69 Å². The lowest BCUT2D eigenvalue weighted by atomic mass is 10.2. The van der Waals surface area contributed by atoms with E-state index in [1.54, 1.807) is 0 Å². The number of anilines is 1. The van der Waals surface area contributed by atoms with Gasteiger partial charge in [0.05, 0.1) is 11.4 Å². The lowest BCUT2D eigenvalue weighted by molar-refractivity contribution is 0.0949. The molecule has 3 N–H and O–H groups in total. The highest BCUT2D eigenvalue weighted by atomic mass is 32.2. The van der Waals surface area contributed by atoms with Crippen molar-refractivity contribution in [1.82, 2.24) is 30.7 Å².